The molecule has 1 aliphatic heterocycles. The molecule has 2 aromatic heterocycles. The molecule has 0 aliphatic carbocycles. The standard InChI is InChI=1S/C27H29N3O5/c1-27(2)15-35-24(17-9-13-19(34-6)14-10-17)23-22-20(25(31)29(4)26(32)28(22)3)21(30(23)27)16-7-11-18(33-5)12-8-16/h7-14,24H,15H2,1-6H3. The minimum atomic E-state index is -0.479. The Bertz CT molecular complexity index is 1540. The normalized spacial score (nSPS) is 16.8. The van der Waals surface area contributed by atoms with E-state index in [0.717, 1.165) is 38.6 Å². The summed E-state index contributed by atoms with van der Waals surface area (Å²) in [5.74, 6) is 1.47. The van der Waals surface area contributed by atoms with Crippen molar-refractivity contribution < 1.29 is 14.2 Å². The molecule has 0 fully saturated rings. The van der Waals surface area contributed by atoms with E-state index < -0.39 is 11.6 Å². The van der Waals surface area contributed by atoms with Gasteiger partial charge in [0.05, 0.1) is 48.7 Å². The first-order chi connectivity index (χ1) is 16.7. The van der Waals surface area contributed by atoms with Crippen molar-refractivity contribution in [1.29, 1.82) is 0 Å². The van der Waals surface area contributed by atoms with E-state index in [1.54, 1.807) is 25.8 Å². The third kappa shape index (κ3) is 3.39. The van der Waals surface area contributed by atoms with Crippen LogP contribution in [-0.4, -0.2) is 34.5 Å². The summed E-state index contributed by atoms with van der Waals surface area (Å²) in [6.07, 6.45) is -0.471. The maximum atomic E-state index is 13.6. The Morgan fingerprint density at radius 2 is 1.46 bits per heavy atom. The van der Waals surface area contributed by atoms with Gasteiger partial charge < -0.3 is 18.8 Å². The lowest BCUT2D eigenvalue weighted by atomic mass is 9.98. The molecule has 0 saturated heterocycles. The smallest absolute Gasteiger partial charge is 0.331 e. The Morgan fingerprint density at radius 1 is 0.886 bits per heavy atom. The van der Waals surface area contributed by atoms with E-state index in [0.29, 0.717) is 17.5 Å². The number of hydrogen-bond acceptors (Lipinski definition) is 5. The van der Waals surface area contributed by atoms with Gasteiger partial charge in [-0.2, -0.15) is 0 Å². The highest BCUT2D eigenvalue weighted by Gasteiger charge is 2.40. The van der Waals surface area contributed by atoms with Crippen LogP contribution in [0.3, 0.4) is 0 Å². The molecule has 1 atom stereocenters. The fraction of sp³-hybridized carbons (Fsp3) is 0.333. The van der Waals surface area contributed by atoms with Gasteiger partial charge in [-0.15, -0.1) is 0 Å². The van der Waals surface area contributed by atoms with E-state index in [9.17, 15) is 9.59 Å². The molecule has 5 rings (SSSR count). The van der Waals surface area contributed by atoms with Crippen LogP contribution in [0.2, 0.25) is 0 Å². The monoisotopic (exact) mass is 475 g/mol. The predicted octanol–water partition coefficient (Wildman–Crippen LogP) is 3.58. The van der Waals surface area contributed by atoms with Gasteiger partial charge in [0.2, 0.25) is 0 Å². The first-order valence-electron chi connectivity index (χ1n) is 11.4. The Kier molecular flexibility index (Phi) is 5.36. The average molecular weight is 476 g/mol. The summed E-state index contributed by atoms with van der Waals surface area (Å²) in [4.78, 5) is 26.7. The zero-order valence-electron chi connectivity index (χ0n) is 20.8. The summed E-state index contributed by atoms with van der Waals surface area (Å²) < 4.78 is 22.0. The summed E-state index contributed by atoms with van der Waals surface area (Å²) in [5.41, 5.74) is 2.71. The summed E-state index contributed by atoms with van der Waals surface area (Å²) >= 11 is 0. The Balaban J connectivity index is 1.94. The van der Waals surface area contributed by atoms with Gasteiger partial charge in [0.15, 0.2) is 0 Å². The molecular formula is C27H29N3O5. The molecule has 4 aromatic rings. The number of nitrogens with zero attached hydrogens (tertiary/aromatic N) is 3. The van der Waals surface area contributed by atoms with Crippen molar-refractivity contribution in [2.45, 2.75) is 25.5 Å². The lowest BCUT2D eigenvalue weighted by Gasteiger charge is -2.39. The zero-order chi connectivity index (χ0) is 25.1. The van der Waals surface area contributed by atoms with E-state index in [2.05, 4.69) is 18.4 Å². The highest BCUT2D eigenvalue weighted by Crippen LogP contribution is 2.45. The maximum Gasteiger partial charge on any atom is 0.331 e. The molecule has 0 spiro atoms. The van der Waals surface area contributed by atoms with Gasteiger partial charge in [0.25, 0.3) is 5.56 Å². The fourth-order valence-electron chi connectivity index (χ4n) is 5.05. The molecule has 2 aromatic carbocycles. The number of ether oxygens (including phenoxy) is 3. The molecule has 0 radical (unpaired) electrons. The van der Waals surface area contributed by atoms with E-state index in [-0.39, 0.29) is 11.2 Å². The SMILES string of the molecule is COc1ccc(-c2c3c(=O)n(C)c(=O)n(C)c3c3n2C(C)(C)COC3c2ccc(OC)cc2)cc1. The average Bonchev–Trinajstić information content (AvgIpc) is 3.24. The first kappa shape index (κ1) is 23.0. The van der Waals surface area contributed by atoms with Crippen molar-refractivity contribution in [3.63, 3.8) is 0 Å². The third-order valence-electron chi connectivity index (χ3n) is 6.85. The van der Waals surface area contributed by atoms with Crippen molar-refractivity contribution in [2.75, 3.05) is 20.8 Å². The Labute approximate surface area is 202 Å². The van der Waals surface area contributed by atoms with Gasteiger partial charge >= 0.3 is 5.69 Å². The van der Waals surface area contributed by atoms with Gasteiger partial charge in [-0.25, -0.2) is 4.79 Å². The van der Waals surface area contributed by atoms with E-state index >= 15 is 0 Å². The van der Waals surface area contributed by atoms with E-state index in [4.69, 9.17) is 14.2 Å². The second kappa shape index (κ2) is 8.16. The minimum Gasteiger partial charge on any atom is -0.497 e. The predicted molar refractivity (Wildman–Crippen MR) is 135 cm³/mol. The van der Waals surface area contributed by atoms with Crippen LogP contribution in [0.5, 0.6) is 11.5 Å². The van der Waals surface area contributed by atoms with Crippen LogP contribution in [-0.2, 0) is 24.4 Å². The summed E-state index contributed by atoms with van der Waals surface area (Å²) in [7, 11) is 6.46. The van der Waals surface area contributed by atoms with E-state index in [1.165, 1.54) is 7.05 Å². The number of rotatable bonds is 4. The van der Waals surface area contributed by atoms with Crippen LogP contribution in [0, 0.1) is 0 Å². The molecule has 1 unspecified atom stereocenters. The fourth-order valence-corrected chi connectivity index (χ4v) is 5.05. The van der Waals surface area contributed by atoms with Crippen molar-refractivity contribution >= 4 is 10.9 Å². The number of benzene rings is 2. The number of hydrogen-bond donors (Lipinski definition) is 0. The van der Waals surface area contributed by atoms with Crippen LogP contribution in [0.1, 0.15) is 31.2 Å². The summed E-state index contributed by atoms with van der Waals surface area (Å²) in [6, 6.07) is 15.3. The van der Waals surface area contributed by atoms with Gasteiger partial charge in [-0.1, -0.05) is 12.1 Å². The molecule has 0 amide bonds. The maximum absolute atomic E-state index is 13.6. The van der Waals surface area contributed by atoms with Crippen LogP contribution in [0.15, 0.2) is 58.1 Å². The van der Waals surface area contributed by atoms with Crippen LogP contribution in [0.4, 0.5) is 0 Å². The molecule has 3 heterocycles. The Morgan fingerprint density at radius 3 is 2.03 bits per heavy atom. The molecule has 0 saturated carbocycles. The third-order valence-corrected chi connectivity index (χ3v) is 6.85. The molecule has 8 heteroatoms. The lowest BCUT2D eigenvalue weighted by Crippen LogP contribution is -2.40. The number of fused-ring (bicyclic) bond motifs is 3. The molecule has 8 nitrogen and oxygen atoms in total. The van der Waals surface area contributed by atoms with Crippen molar-refractivity contribution in [2.24, 2.45) is 14.1 Å². The molecule has 1 aliphatic rings. The molecule has 0 N–H and O–H groups in total. The largest absolute Gasteiger partial charge is 0.497 e. The molecule has 182 valence electrons. The zero-order valence-corrected chi connectivity index (χ0v) is 20.8. The number of aryl methyl sites for hydroxylation is 1. The van der Waals surface area contributed by atoms with Gasteiger partial charge in [-0.05, 0) is 61.4 Å². The second-order valence-corrected chi connectivity index (χ2v) is 9.50. The topological polar surface area (TPSA) is 76.6 Å². The van der Waals surface area contributed by atoms with Crippen molar-refractivity contribution in [1.82, 2.24) is 13.7 Å². The number of aromatic nitrogens is 3. The van der Waals surface area contributed by atoms with Crippen molar-refractivity contribution in [3.05, 3.63) is 80.6 Å². The van der Waals surface area contributed by atoms with Crippen LogP contribution >= 0.6 is 0 Å². The van der Waals surface area contributed by atoms with Crippen molar-refractivity contribution in [3.8, 4) is 22.8 Å². The molecular weight excluding hydrogens is 446 g/mol. The summed E-state index contributed by atoms with van der Waals surface area (Å²) in [6.45, 7) is 4.58. The molecule has 35 heavy (non-hydrogen) atoms. The van der Waals surface area contributed by atoms with Crippen LogP contribution in [0.25, 0.3) is 22.2 Å². The van der Waals surface area contributed by atoms with Gasteiger partial charge in [-0.3, -0.25) is 13.9 Å². The quantitative estimate of drug-likeness (QED) is 0.451. The summed E-state index contributed by atoms with van der Waals surface area (Å²) in [5, 5.41) is 0.492. The Hall–Kier alpha value is -3.78. The lowest BCUT2D eigenvalue weighted by molar-refractivity contribution is -0.00708. The van der Waals surface area contributed by atoms with Gasteiger partial charge in [0, 0.05) is 14.1 Å². The van der Waals surface area contributed by atoms with Crippen LogP contribution < -0.4 is 20.7 Å². The highest BCUT2D eigenvalue weighted by atomic mass is 16.5. The van der Waals surface area contributed by atoms with Gasteiger partial charge in [0.1, 0.15) is 17.6 Å². The van der Waals surface area contributed by atoms with E-state index in [1.807, 2.05) is 48.5 Å². The molecule has 0 bridgehead atoms. The minimum absolute atomic E-state index is 0.333. The highest BCUT2D eigenvalue weighted by molar-refractivity contribution is 5.97. The first-order valence-corrected chi connectivity index (χ1v) is 11.4. The second-order valence-electron chi connectivity index (χ2n) is 9.50. The number of methoxy groups -OCH3 is 2.